The third kappa shape index (κ3) is 3.04. The fourth-order valence-corrected chi connectivity index (χ4v) is 2.72. The predicted octanol–water partition coefficient (Wildman–Crippen LogP) is 3.14. The molecule has 3 rings (SSSR count). The van der Waals surface area contributed by atoms with Crippen molar-refractivity contribution in [1.82, 2.24) is 4.98 Å². The molecule has 0 spiro atoms. The van der Waals surface area contributed by atoms with Crippen LogP contribution in [0.25, 0.3) is 0 Å². The Kier molecular flexibility index (Phi) is 4.13. The zero-order valence-electron chi connectivity index (χ0n) is 11.7. The van der Waals surface area contributed by atoms with Crippen molar-refractivity contribution in [3.63, 3.8) is 0 Å². The second-order valence-corrected chi connectivity index (χ2v) is 5.14. The molecule has 1 aliphatic heterocycles. The van der Waals surface area contributed by atoms with Gasteiger partial charge in [-0.05, 0) is 24.1 Å². The van der Waals surface area contributed by atoms with Crippen molar-refractivity contribution < 1.29 is 4.74 Å². The SMILES string of the molecule is N#Cc1cccnc1NC[C@H]1CCO[C@@H]1c1ccccc1. The molecule has 2 heterocycles. The van der Waals surface area contributed by atoms with Gasteiger partial charge in [-0.3, -0.25) is 0 Å². The summed E-state index contributed by atoms with van der Waals surface area (Å²) in [4.78, 5) is 4.23. The Bertz CT molecular complexity index is 636. The van der Waals surface area contributed by atoms with E-state index in [1.807, 2.05) is 18.2 Å². The van der Waals surface area contributed by atoms with Crippen molar-refractivity contribution in [2.75, 3.05) is 18.5 Å². The molecule has 2 aromatic rings. The summed E-state index contributed by atoms with van der Waals surface area (Å²) in [5.41, 5.74) is 1.79. The fourth-order valence-electron chi connectivity index (χ4n) is 2.72. The second-order valence-electron chi connectivity index (χ2n) is 5.14. The first-order chi connectivity index (χ1) is 10.4. The summed E-state index contributed by atoms with van der Waals surface area (Å²) in [5.74, 6) is 1.04. The maximum Gasteiger partial charge on any atom is 0.143 e. The van der Waals surface area contributed by atoms with Crippen molar-refractivity contribution >= 4 is 5.82 Å². The molecule has 1 N–H and O–H groups in total. The Hall–Kier alpha value is -2.38. The maximum absolute atomic E-state index is 9.09. The first-order valence-electron chi connectivity index (χ1n) is 7.14. The van der Waals surface area contributed by atoms with Crippen LogP contribution in [-0.4, -0.2) is 18.1 Å². The Morgan fingerprint density at radius 2 is 2.10 bits per heavy atom. The van der Waals surface area contributed by atoms with Crippen molar-refractivity contribution in [3.05, 3.63) is 59.8 Å². The molecular formula is C17H17N3O. The standard InChI is InChI=1S/C17H17N3O/c18-11-14-7-4-9-19-17(14)20-12-15-8-10-21-16(15)13-5-2-1-3-6-13/h1-7,9,15-16H,8,10,12H2,(H,19,20)/t15-,16-/m1/s1. The predicted molar refractivity (Wildman–Crippen MR) is 80.7 cm³/mol. The van der Waals surface area contributed by atoms with Crippen molar-refractivity contribution in [3.8, 4) is 6.07 Å². The van der Waals surface area contributed by atoms with Gasteiger partial charge in [0.1, 0.15) is 11.9 Å². The van der Waals surface area contributed by atoms with Gasteiger partial charge >= 0.3 is 0 Å². The molecule has 0 bridgehead atoms. The molecule has 0 radical (unpaired) electrons. The topological polar surface area (TPSA) is 57.9 Å². The lowest BCUT2D eigenvalue weighted by atomic mass is 9.95. The Morgan fingerprint density at radius 3 is 2.90 bits per heavy atom. The highest BCUT2D eigenvalue weighted by Gasteiger charge is 2.29. The molecule has 106 valence electrons. The number of benzene rings is 1. The number of nitrogens with zero attached hydrogens (tertiary/aromatic N) is 2. The lowest BCUT2D eigenvalue weighted by molar-refractivity contribution is 0.0933. The average Bonchev–Trinajstić information content (AvgIpc) is 3.02. The third-order valence-corrected chi connectivity index (χ3v) is 3.80. The molecule has 21 heavy (non-hydrogen) atoms. The highest BCUT2D eigenvalue weighted by atomic mass is 16.5. The highest BCUT2D eigenvalue weighted by Crippen LogP contribution is 2.34. The second kappa shape index (κ2) is 6.38. The van der Waals surface area contributed by atoms with Crippen LogP contribution in [0.1, 0.15) is 23.7 Å². The Morgan fingerprint density at radius 1 is 1.24 bits per heavy atom. The number of anilines is 1. The summed E-state index contributed by atoms with van der Waals surface area (Å²) in [6.45, 7) is 1.53. The van der Waals surface area contributed by atoms with E-state index in [0.717, 1.165) is 19.6 Å². The van der Waals surface area contributed by atoms with E-state index in [1.165, 1.54) is 5.56 Å². The zero-order chi connectivity index (χ0) is 14.5. The third-order valence-electron chi connectivity index (χ3n) is 3.80. The minimum absolute atomic E-state index is 0.118. The van der Waals surface area contributed by atoms with Gasteiger partial charge in [0.05, 0.1) is 11.7 Å². The number of nitriles is 1. The summed E-state index contributed by atoms with van der Waals surface area (Å²) in [6, 6.07) is 16.0. The normalized spacial score (nSPS) is 20.9. The minimum Gasteiger partial charge on any atom is -0.373 e. The van der Waals surface area contributed by atoms with Crippen molar-refractivity contribution in [2.24, 2.45) is 5.92 Å². The van der Waals surface area contributed by atoms with Crippen LogP contribution < -0.4 is 5.32 Å². The van der Waals surface area contributed by atoms with Gasteiger partial charge in [-0.2, -0.15) is 5.26 Å². The molecule has 2 atom stereocenters. The van der Waals surface area contributed by atoms with E-state index in [2.05, 4.69) is 28.5 Å². The smallest absolute Gasteiger partial charge is 0.143 e. The van der Waals surface area contributed by atoms with Crippen LogP contribution in [0.3, 0.4) is 0 Å². The average molecular weight is 279 g/mol. The minimum atomic E-state index is 0.118. The zero-order valence-corrected chi connectivity index (χ0v) is 11.7. The number of pyridine rings is 1. The molecule has 4 heteroatoms. The Balaban J connectivity index is 1.69. The van der Waals surface area contributed by atoms with E-state index >= 15 is 0 Å². The summed E-state index contributed by atoms with van der Waals surface area (Å²) >= 11 is 0. The van der Waals surface area contributed by atoms with E-state index in [-0.39, 0.29) is 6.10 Å². The number of aromatic nitrogens is 1. The van der Waals surface area contributed by atoms with Crippen LogP contribution in [0.15, 0.2) is 48.7 Å². The Labute approximate surface area is 124 Å². The molecule has 1 aromatic heterocycles. The summed E-state index contributed by atoms with van der Waals surface area (Å²) in [5, 5.41) is 12.4. The first kappa shape index (κ1) is 13.6. The van der Waals surface area contributed by atoms with Gasteiger partial charge in [0.2, 0.25) is 0 Å². The molecule has 1 aliphatic rings. The van der Waals surface area contributed by atoms with Crippen LogP contribution in [-0.2, 0) is 4.74 Å². The molecule has 0 unspecified atom stereocenters. The number of hydrogen-bond acceptors (Lipinski definition) is 4. The number of rotatable bonds is 4. The van der Waals surface area contributed by atoms with Crippen LogP contribution >= 0.6 is 0 Å². The monoisotopic (exact) mass is 279 g/mol. The molecule has 0 amide bonds. The van der Waals surface area contributed by atoms with Gasteiger partial charge in [-0.15, -0.1) is 0 Å². The molecule has 4 nitrogen and oxygen atoms in total. The molecular weight excluding hydrogens is 262 g/mol. The van der Waals surface area contributed by atoms with E-state index in [1.54, 1.807) is 18.3 Å². The van der Waals surface area contributed by atoms with Gasteiger partial charge in [0.15, 0.2) is 0 Å². The van der Waals surface area contributed by atoms with Gasteiger partial charge in [0, 0.05) is 25.3 Å². The molecule has 0 saturated carbocycles. The van der Waals surface area contributed by atoms with E-state index < -0.39 is 0 Å². The largest absolute Gasteiger partial charge is 0.373 e. The van der Waals surface area contributed by atoms with E-state index in [0.29, 0.717) is 17.3 Å². The van der Waals surface area contributed by atoms with Crippen molar-refractivity contribution in [2.45, 2.75) is 12.5 Å². The first-order valence-corrected chi connectivity index (χ1v) is 7.14. The molecule has 1 saturated heterocycles. The molecule has 1 aromatic carbocycles. The molecule has 0 aliphatic carbocycles. The number of ether oxygens (including phenoxy) is 1. The van der Waals surface area contributed by atoms with Gasteiger partial charge in [-0.1, -0.05) is 30.3 Å². The summed E-state index contributed by atoms with van der Waals surface area (Å²) in [6.07, 6.45) is 2.83. The number of nitrogens with one attached hydrogen (secondary N) is 1. The molecule has 1 fully saturated rings. The van der Waals surface area contributed by atoms with Crippen LogP contribution in [0.4, 0.5) is 5.82 Å². The van der Waals surface area contributed by atoms with Crippen LogP contribution in [0.5, 0.6) is 0 Å². The fraction of sp³-hybridized carbons (Fsp3) is 0.294. The van der Waals surface area contributed by atoms with Crippen LogP contribution in [0.2, 0.25) is 0 Å². The lowest BCUT2D eigenvalue weighted by Gasteiger charge is -2.19. The maximum atomic E-state index is 9.09. The van der Waals surface area contributed by atoms with Crippen LogP contribution in [0, 0.1) is 17.2 Å². The van der Waals surface area contributed by atoms with Crippen molar-refractivity contribution in [1.29, 1.82) is 5.26 Å². The van der Waals surface area contributed by atoms with E-state index in [9.17, 15) is 0 Å². The summed E-state index contributed by atoms with van der Waals surface area (Å²) < 4.78 is 5.87. The van der Waals surface area contributed by atoms with Gasteiger partial charge in [-0.25, -0.2) is 4.98 Å². The summed E-state index contributed by atoms with van der Waals surface area (Å²) in [7, 11) is 0. The quantitative estimate of drug-likeness (QED) is 0.934. The van der Waals surface area contributed by atoms with Gasteiger partial charge in [0.25, 0.3) is 0 Å². The highest BCUT2D eigenvalue weighted by molar-refractivity contribution is 5.51. The number of hydrogen-bond donors (Lipinski definition) is 1. The lowest BCUT2D eigenvalue weighted by Crippen LogP contribution is -2.18. The van der Waals surface area contributed by atoms with E-state index in [4.69, 9.17) is 10.00 Å². The van der Waals surface area contributed by atoms with Gasteiger partial charge < -0.3 is 10.1 Å².